The molecule has 2 aromatic rings. The van der Waals surface area contributed by atoms with E-state index < -0.39 is 0 Å². The number of pyridine rings is 2. The van der Waals surface area contributed by atoms with Gasteiger partial charge in [-0.2, -0.15) is 0 Å². The Hall–Kier alpha value is -1.44. The van der Waals surface area contributed by atoms with Crippen molar-refractivity contribution in [2.45, 2.75) is 20.3 Å². The van der Waals surface area contributed by atoms with E-state index in [1.54, 1.807) is 0 Å². The lowest BCUT2D eigenvalue weighted by Gasteiger charge is -2.06. The second kappa shape index (κ2) is 3.74. The van der Waals surface area contributed by atoms with Crippen molar-refractivity contribution in [1.82, 2.24) is 9.97 Å². The predicted octanol–water partition coefficient (Wildman–Crippen LogP) is 2.83. The first kappa shape index (κ1) is 9.13. The summed E-state index contributed by atoms with van der Waals surface area (Å²) in [4.78, 5) is 8.62. The molecule has 0 unspecified atom stereocenters. The molecule has 0 spiro atoms. The van der Waals surface area contributed by atoms with Gasteiger partial charge in [-0.3, -0.25) is 9.97 Å². The Morgan fingerprint density at radius 3 is 2.93 bits per heavy atom. The van der Waals surface area contributed by atoms with Crippen LogP contribution in [-0.4, -0.2) is 9.97 Å². The molecule has 14 heavy (non-hydrogen) atoms. The number of aromatic nitrogens is 2. The van der Waals surface area contributed by atoms with Gasteiger partial charge in [-0.15, -0.1) is 0 Å². The first-order valence-corrected chi connectivity index (χ1v) is 4.95. The molecular weight excluding hydrogens is 172 g/mol. The van der Waals surface area contributed by atoms with Crippen LogP contribution in [0, 0.1) is 5.92 Å². The number of hydrogen-bond donors (Lipinski definition) is 0. The summed E-state index contributed by atoms with van der Waals surface area (Å²) >= 11 is 0. The zero-order valence-electron chi connectivity index (χ0n) is 8.57. The lowest BCUT2D eigenvalue weighted by Crippen LogP contribution is -1.97. The molecule has 0 saturated carbocycles. The summed E-state index contributed by atoms with van der Waals surface area (Å²) in [6.45, 7) is 4.42. The quantitative estimate of drug-likeness (QED) is 0.720. The van der Waals surface area contributed by atoms with Crippen molar-refractivity contribution in [3.63, 3.8) is 0 Å². The molecule has 2 heteroatoms. The standard InChI is InChI=1S/C12H14N2/c1-9(2)6-11-8-13-7-10-4-3-5-14-12(10)11/h3-5,7-9H,6H2,1-2H3. The van der Waals surface area contributed by atoms with Gasteiger partial charge in [-0.1, -0.05) is 13.8 Å². The fourth-order valence-electron chi connectivity index (χ4n) is 1.65. The minimum Gasteiger partial charge on any atom is -0.264 e. The summed E-state index contributed by atoms with van der Waals surface area (Å²) in [5.74, 6) is 0.643. The zero-order valence-corrected chi connectivity index (χ0v) is 8.57. The molecule has 0 amide bonds. The molecule has 2 nitrogen and oxygen atoms in total. The molecule has 0 radical (unpaired) electrons. The third-order valence-electron chi connectivity index (χ3n) is 2.22. The normalized spacial score (nSPS) is 11.1. The van der Waals surface area contributed by atoms with Crippen LogP contribution in [0.15, 0.2) is 30.7 Å². The Kier molecular flexibility index (Phi) is 2.44. The van der Waals surface area contributed by atoms with Gasteiger partial charge in [0.25, 0.3) is 0 Å². The van der Waals surface area contributed by atoms with Gasteiger partial charge in [-0.25, -0.2) is 0 Å². The van der Waals surface area contributed by atoms with Crippen LogP contribution in [0.2, 0.25) is 0 Å². The summed E-state index contributed by atoms with van der Waals surface area (Å²) in [5, 5.41) is 1.13. The van der Waals surface area contributed by atoms with Crippen molar-refractivity contribution in [2.24, 2.45) is 5.92 Å². The van der Waals surface area contributed by atoms with E-state index in [-0.39, 0.29) is 0 Å². The maximum atomic E-state index is 4.39. The van der Waals surface area contributed by atoms with Crippen LogP contribution in [0.4, 0.5) is 0 Å². The molecule has 0 fully saturated rings. The van der Waals surface area contributed by atoms with Crippen molar-refractivity contribution in [3.05, 3.63) is 36.3 Å². The van der Waals surface area contributed by atoms with Gasteiger partial charge in [0.2, 0.25) is 0 Å². The lowest BCUT2D eigenvalue weighted by molar-refractivity contribution is 0.648. The van der Waals surface area contributed by atoms with E-state index >= 15 is 0 Å². The molecule has 72 valence electrons. The van der Waals surface area contributed by atoms with Gasteiger partial charge >= 0.3 is 0 Å². The highest BCUT2D eigenvalue weighted by atomic mass is 14.7. The number of hydrogen-bond acceptors (Lipinski definition) is 2. The Balaban J connectivity index is 2.53. The maximum absolute atomic E-state index is 4.39. The SMILES string of the molecule is CC(C)Cc1cncc2cccnc12. The minimum atomic E-state index is 0.643. The third kappa shape index (κ3) is 1.74. The summed E-state index contributed by atoms with van der Waals surface area (Å²) in [7, 11) is 0. The van der Waals surface area contributed by atoms with Crippen LogP contribution < -0.4 is 0 Å². The van der Waals surface area contributed by atoms with Crippen LogP contribution in [0.5, 0.6) is 0 Å². The molecule has 0 N–H and O–H groups in total. The number of rotatable bonds is 2. The summed E-state index contributed by atoms with van der Waals surface area (Å²) in [6, 6.07) is 4.00. The fraction of sp³-hybridized carbons (Fsp3) is 0.333. The summed E-state index contributed by atoms with van der Waals surface area (Å²) in [6.07, 6.45) is 6.68. The molecule has 0 bridgehead atoms. The average molecular weight is 186 g/mol. The van der Waals surface area contributed by atoms with Crippen molar-refractivity contribution < 1.29 is 0 Å². The molecule has 0 atom stereocenters. The first-order valence-electron chi connectivity index (χ1n) is 4.95. The molecule has 2 heterocycles. The first-order chi connectivity index (χ1) is 6.77. The van der Waals surface area contributed by atoms with E-state index in [2.05, 4.69) is 29.9 Å². The summed E-state index contributed by atoms with van der Waals surface area (Å²) < 4.78 is 0. The van der Waals surface area contributed by atoms with E-state index in [0.717, 1.165) is 17.3 Å². The highest BCUT2D eigenvalue weighted by Crippen LogP contribution is 2.17. The van der Waals surface area contributed by atoms with E-state index in [1.807, 2.05) is 24.7 Å². The van der Waals surface area contributed by atoms with Crippen LogP contribution >= 0.6 is 0 Å². The van der Waals surface area contributed by atoms with Crippen LogP contribution in [0.1, 0.15) is 19.4 Å². The largest absolute Gasteiger partial charge is 0.264 e. The van der Waals surface area contributed by atoms with Crippen molar-refractivity contribution >= 4 is 10.9 Å². The minimum absolute atomic E-state index is 0.643. The smallest absolute Gasteiger partial charge is 0.0764 e. The van der Waals surface area contributed by atoms with Crippen molar-refractivity contribution in [2.75, 3.05) is 0 Å². The Morgan fingerprint density at radius 1 is 1.29 bits per heavy atom. The van der Waals surface area contributed by atoms with E-state index in [9.17, 15) is 0 Å². The molecule has 0 aliphatic rings. The van der Waals surface area contributed by atoms with Gasteiger partial charge in [0, 0.05) is 24.0 Å². The van der Waals surface area contributed by atoms with Crippen LogP contribution in [0.3, 0.4) is 0 Å². The van der Waals surface area contributed by atoms with Gasteiger partial charge in [0.15, 0.2) is 0 Å². The van der Waals surface area contributed by atoms with Gasteiger partial charge in [0.1, 0.15) is 0 Å². The Bertz CT molecular complexity index is 430. The van der Waals surface area contributed by atoms with Gasteiger partial charge in [0.05, 0.1) is 5.52 Å². The van der Waals surface area contributed by atoms with E-state index in [0.29, 0.717) is 5.92 Å². The molecule has 0 aromatic carbocycles. The van der Waals surface area contributed by atoms with Crippen LogP contribution in [-0.2, 0) is 6.42 Å². The van der Waals surface area contributed by atoms with Crippen LogP contribution in [0.25, 0.3) is 10.9 Å². The topological polar surface area (TPSA) is 25.8 Å². The molecule has 0 aliphatic heterocycles. The van der Waals surface area contributed by atoms with E-state index in [4.69, 9.17) is 0 Å². The second-order valence-electron chi connectivity index (χ2n) is 3.97. The van der Waals surface area contributed by atoms with Gasteiger partial charge in [-0.05, 0) is 30.0 Å². The van der Waals surface area contributed by atoms with Crippen molar-refractivity contribution in [3.8, 4) is 0 Å². The second-order valence-corrected chi connectivity index (χ2v) is 3.97. The van der Waals surface area contributed by atoms with Gasteiger partial charge < -0.3 is 0 Å². The summed E-state index contributed by atoms with van der Waals surface area (Å²) in [5.41, 5.74) is 2.34. The Morgan fingerprint density at radius 2 is 2.14 bits per heavy atom. The number of nitrogens with zero attached hydrogens (tertiary/aromatic N) is 2. The van der Waals surface area contributed by atoms with E-state index in [1.165, 1.54) is 5.56 Å². The number of fused-ring (bicyclic) bond motifs is 1. The predicted molar refractivity (Wildman–Crippen MR) is 58.1 cm³/mol. The van der Waals surface area contributed by atoms with Crippen molar-refractivity contribution in [1.29, 1.82) is 0 Å². The fourth-order valence-corrected chi connectivity index (χ4v) is 1.65. The average Bonchev–Trinajstić information content (AvgIpc) is 2.18. The zero-order chi connectivity index (χ0) is 9.97. The highest BCUT2D eigenvalue weighted by Gasteiger charge is 2.03. The highest BCUT2D eigenvalue weighted by molar-refractivity contribution is 5.80. The molecular formula is C12H14N2. The molecule has 0 saturated heterocycles. The Labute approximate surface area is 84.0 Å². The third-order valence-corrected chi connectivity index (χ3v) is 2.22. The molecule has 0 aliphatic carbocycles. The molecule has 2 rings (SSSR count). The monoisotopic (exact) mass is 186 g/mol. The lowest BCUT2D eigenvalue weighted by atomic mass is 10.0. The molecule has 2 aromatic heterocycles. The maximum Gasteiger partial charge on any atom is 0.0764 e.